The van der Waals surface area contributed by atoms with E-state index in [4.69, 9.17) is 5.73 Å². The van der Waals surface area contributed by atoms with Crippen molar-refractivity contribution in [3.05, 3.63) is 112 Å². The van der Waals surface area contributed by atoms with Crippen LogP contribution in [0.5, 0.6) is 5.75 Å². The summed E-state index contributed by atoms with van der Waals surface area (Å²) in [6, 6.07) is 20.1. The lowest BCUT2D eigenvalue weighted by atomic mass is 9.58. The van der Waals surface area contributed by atoms with Crippen LogP contribution in [0.2, 0.25) is 0 Å². The highest BCUT2D eigenvalue weighted by atomic mass is 16.3. The van der Waals surface area contributed by atoms with E-state index in [2.05, 4.69) is 17.4 Å². The van der Waals surface area contributed by atoms with Crippen molar-refractivity contribution < 1.29 is 34.8 Å². The molecule has 4 atom stereocenters. The second-order valence-electron chi connectivity index (χ2n) is 12.2. The van der Waals surface area contributed by atoms with Crippen LogP contribution >= 0.6 is 0 Å². The van der Waals surface area contributed by atoms with E-state index in [9.17, 15) is 34.8 Å². The Balaban J connectivity index is 1.36. The summed E-state index contributed by atoms with van der Waals surface area (Å²) in [4.78, 5) is 41.2. The smallest absolute Gasteiger partial charge is 0.255 e. The van der Waals surface area contributed by atoms with Crippen molar-refractivity contribution in [3.63, 3.8) is 0 Å². The summed E-state index contributed by atoms with van der Waals surface area (Å²) in [5, 5.41) is 48.5. The number of hydrogen-bond acceptors (Lipinski definition) is 9. The third kappa shape index (κ3) is 4.82. The van der Waals surface area contributed by atoms with Crippen LogP contribution in [0.1, 0.15) is 33.5 Å². The monoisotopic (exact) mass is 609 g/mol. The number of benzene rings is 3. The molecule has 0 aliphatic heterocycles. The molecule has 10 heteroatoms. The number of aliphatic hydroxyl groups excluding tert-OH is 2. The SMILES string of the molecule is CN(C)[C@@H]1C(O)=C(C(N)=O)C(=O)[C@@]2(O)C(O)=C3C(=O)c4c(O)ccc(-c5ccc(CNCc6ccccc6)cc5)c4C[C@H]3C[C@@H]12. The quantitative estimate of drug-likeness (QED) is 0.220. The molecule has 232 valence electrons. The average molecular weight is 610 g/mol. The van der Waals surface area contributed by atoms with Gasteiger partial charge in [0.2, 0.25) is 5.78 Å². The standard InChI is InChI=1S/C35H35N3O7/c1-38(2)29-24-15-21-14-23-22(20-10-8-19(9-11-20)17-37-16-18-6-4-3-5-7-18)12-13-25(39)27(23)30(40)26(21)32(42)35(24,45)33(43)28(31(29)41)34(36)44/h3-13,21,24,29,37,39,41-42,45H,14-17H2,1-2H3,(H2,36,44)/t21-,24-,29-,35-/m0/s1. The molecule has 0 heterocycles. The molecule has 0 radical (unpaired) electrons. The highest BCUT2D eigenvalue weighted by Crippen LogP contribution is 2.53. The molecule has 6 rings (SSSR count). The van der Waals surface area contributed by atoms with Gasteiger partial charge in [-0.1, -0.05) is 60.7 Å². The van der Waals surface area contributed by atoms with Gasteiger partial charge in [0.05, 0.1) is 11.6 Å². The molecule has 0 spiro atoms. The maximum absolute atomic E-state index is 14.0. The summed E-state index contributed by atoms with van der Waals surface area (Å²) in [5.41, 5.74) is 6.13. The van der Waals surface area contributed by atoms with Crippen molar-refractivity contribution >= 4 is 17.5 Å². The maximum Gasteiger partial charge on any atom is 0.255 e. The number of nitrogens with two attached hydrogens (primary N) is 1. The molecule has 3 aromatic rings. The fourth-order valence-electron chi connectivity index (χ4n) is 7.27. The van der Waals surface area contributed by atoms with Gasteiger partial charge in [-0.15, -0.1) is 0 Å². The number of allylic oxidation sites excluding steroid dienone is 1. The van der Waals surface area contributed by atoms with Crippen molar-refractivity contribution in [1.82, 2.24) is 10.2 Å². The Labute approximate surface area is 260 Å². The molecule has 0 unspecified atom stereocenters. The van der Waals surface area contributed by atoms with E-state index in [1.807, 2.05) is 42.5 Å². The van der Waals surface area contributed by atoms with Crippen molar-refractivity contribution in [3.8, 4) is 16.9 Å². The predicted molar refractivity (Wildman–Crippen MR) is 166 cm³/mol. The van der Waals surface area contributed by atoms with Gasteiger partial charge in [-0.2, -0.15) is 0 Å². The number of hydrogen-bond donors (Lipinski definition) is 6. The van der Waals surface area contributed by atoms with Crippen LogP contribution in [-0.4, -0.2) is 68.5 Å². The number of likely N-dealkylation sites (N-methyl/N-ethyl adjacent to an activating group) is 1. The third-order valence-corrected chi connectivity index (χ3v) is 9.37. The number of fused-ring (bicyclic) bond motifs is 3. The number of primary amides is 1. The molecule has 3 aliphatic rings. The third-order valence-electron chi connectivity index (χ3n) is 9.37. The number of carbonyl (C=O) groups is 3. The van der Waals surface area contributed by atoms with Crippen molar-refractivity contribution in [2.75, 3.05) is 14.1 Å². The van der Waals surface area contributed by atoms with Gasteiger partial charge in [0.1, 0.15) is 22.8 Å². The molecule has 7 N–H and O–H groups in total. The molecule has 1 amide bonds. The Kier molecular flexibility index (Phi) is 7.60. The number of phenols is 1. The largest absolute Gasteiger partial charge is 0.510 e. The Morgan fingerprint density at radius 3 is 2.22 bits per heavy atom. The summed E-state index contributed by atoms with van der Waals surface area (Å²) in [6.07, 6.45) is 0.255. The second-order valence-corrected chi connectivity index (χ2v) is 12.2. The molecule has 0 aromatic heterocycles. The molecular weight excluding hydrogens is 574 g/mol. The van der Waals surface area contributed by atoms with Gasteiger partial charge in [-0.05, 0) is 66.7 Å². The molecule has 0 fully saturated rings. The van der Waals surface area contributed by atoms with Gasteiger partial charge >= 0.3 is 0 Å². The lowest BCUT2D eigenvalue weighted by molar-refractivity contribution is -0.148. The highest BCUT2D eigenvalue weighted by molar-refractivity contribution is 6.24. The molecule has 10 nitrogen and oxygen atoms in total. The summed E-state index contributed by atoms with van der Waals surface area (Å²) in [7, 11) is 3.20. The number of phenolic OH excluding ortho intramolecular Hbond substituents is 1. The van der Waals surface area contributed by atoms with Gasteiger partial charge in [-0.25, -0.2) is 0 Å². The normalized spacial score (nSPS) is 24.4. The van der Waals surface area contributed by atoms with Gasteiger partial charge in [0, 0.05) is 24.6 Å². The van der Waals surface area contributed by atoms with Crippen LogP contribution in [0.4, 0.5) is 0 Å². The summed E-state index contributed by atoms with van der Waals surface area (Å²) < 4.78 is 0. The fourth-order valence-corrected chi connectivity index (χ4v) is 7.27. The van der Waals surface area contributed by atoms with E-state index in [-0.39, 0.29) is 29.7 Å². The van der Waals surface area contributed by atoms with Crippen LogP contribution in [0.15, 0.2) is 89.4 Å². The van der Waals surface area contributed by atoms with Gasteiger partial charge in [0.15, 0.2) is 11.4 Å². The van der Waals surface area contributed by atoms with Crippen molar-refractivity contribution in [1.29, 1.82) is 0 Å². The zero-order valence-corrected chi connectivity index (χ0v) is 24.9. The number of aliphatic hydroxyl groups is 3. The van der Waals surface area contributed by atoms with E-state index < -0.39 is 58.0 Å². The molecule has 3 aromatic carbocycles. The Bertz CT molecular complexity index is 1780. The van der Waals surface area contributed by atoms with Gasteiger partial charge < -0.3 is 31.5 Å². The van der Waals surface area contributed by atoms with E-state index >= 15 is 0 Å². The molecular formula is C35H35N3O7. The van der Waals surface area contributed by atoms with E-state index in [1.165, 1.54) is 16.5 Å². The predicted octanol–water partition coefficient (Wildman–Crippen LogP) is 3.08. The number of carbonyl (C=O) groups excluding carboxylic acids is 3. The Hall–Kier alpha value is -4.77. The highest BCUT2D eigenvalue weighted by Gasteiger charge is 2.63. The number of ketones is 2. The van der Waals surface area contributed by atoms with E-state index in [0.717, 1.165) is 23.2 Å². The minimum Gasteiger partial charge on any atom is -0.510 e. The summed E-state index contributed by atoms with van der Waals surface area (Å²) in [5.74, 6) is -6.69. The summed E-state index contributed by atoms with van der Waals surface area (Å²) in [6.45, 7) is 1.39. The first-order chi connectivity index (χ1) is 21.4. The zero-order chi connectivity index (χ0) is 32.2. The van der Waals surface area contributed by atoms with Crippen LogP contribution in [-0.2, 0) is 29.1 Å². The lowest BCUT2D eigenvalue weighted by Crippen LogP contribution is -2.63. The van der Waals surface area contributed by atoms with Gasteiger partial charge in [-0.3, -0.25) is 19.3 Å². The molecule has 3 aliphatic carbocycles. The minimum atomic E-state index is -2.66. The van der Waals surface area contributed by atoms with Crippen LogP contribution < -0.4 is 11.1 Å². The van der Waals surface area contributed by atoms with Crippen LogP contribution in [0, 0.1) is 11.8 Å². The maximum atomic E-state index is 14.0. The zero-order valence-electron chi connectivity index (χ0n) is 24.9. The summed E-state index contributed by atoms with van der Waals surface area (Å²) >= 11 is 0. The topological polar surface area (TPSA) is 173 Å². The van der Waals surface area contributed by atoms with E-state index in [1.54, 1.807) is 20.2 Å². The number of Topliss-reactive ketones (excluding diaryl/α,β-unsaturated/α-hetero) is 2. The van der Waals surface area contributed by atoms with Crippen LogP contribution in [0.25, 0.3) is 11.1 Å². The molecule has 45 heavy (non-hydrogen) atoms. The van der Waals surface area contributed by atoms with Crippen LogP contribution in [0.3, 0.4) is 0 Å². The average Bonchev–Trinajstić information content (AvgIpc) is 3.00. The number of amides is 1. The van der Waals surface area contributed by atoms with Gasteiger partial charge in [0.25, 0.3) is 5.91 Å². The molecule has 0 saturated carbocycles. The first-order valence-electron chi connectivity index (χ1n) is 14.8. The first-order valence-corrected chi connectivity index (χ1v) is 14.8. The van der Waals surface area contributed by atoms with E-state index in [0.29, 0.717) is 12.1 Å². The minimum absolute atomic E-state index is 0.0121. The number of aromatic hydroxyl groups is 1. The lowest BCUT2D eigenvalue weighted by Gasteiger charge is -2.50. The second kappa shape index (κ2) is 11.3. The Morgan fingerprint density at radius 1 is 0.956 bits per heavy atom. The number of nitrogens with zero attached hydrogens (tertiary/aromatic N) is 1. The van der Waals surface area contributed by atoms with Crippen molar-refractivity contribution in [2.24, 2.45) is 17.6 Å². The molecule has 0 bridgehead atoms. The molecule has 0 saturated heterocycles. The fraction of sp³-hybridized carbons (Fsp3) is 0.286. The van der Waals surface area contributed by atoms with Crippen molar-refractivity contribution in [2.45, 2.75) is 37.6 Å². The Morgan fingerprint density at radius 2 is 1.60 bits per heavy atom. The number of nitrogens with one attached hydrogen (secondary N) is 1. The first kappa shape index (κ1) is 30.3. The number of rotatable bonds is 7.